The Hall–Kier alpha value is -2.77. The smallest absolute Gasteiger partial charge is 0.272 e. The molecule has 1 atom stereocenters. The number of hydrogen-bond acceptors (Lipinski definition) is 5. The van der Waals surface area contributed by atoms with Crippen LogP contribution < -0.4 is 0 Å². The van der Waals surface area contributed by atoms with Gasteiger partial charge in [0.1, 0.15) is 17.0 Å². The van der Waals surface area contributed by atoms with Crippen LogP contribution in [0.3, 0.4) is 0 Å². The first-order chi connectivity index (χ1) is 12.9. The van der Waals surface area contributed by atoms with E-state index in [9.17, 15) is 14.4 Å². The van der Waals surface area contributed by atoms with E-state index in [0.29, 0.717) is 51.1 Å². The van der Waals surface area contributed by atoms with Crippen LogP contribution in [0.15, 0.2) is 12.3 Å². The number of hydrogen-bond donors (Lipinski definition) is 1. The molecule has 0 aromatic carbocycles. The predicted molar refractivity (Wildman–Crippen MR) is 98.1 cm³/mol. The highest BCUT2D eigenvalue weighted by Gasteiger charge is 2.43. The Morgan fingerprint density at radius 2 is 1.89 bits per heavy atom. The van der Waals surface area contributed by atoms with E-state index in [-0.39, 0.29) is 17.6 Å². The van der Waals surface area contributed by atoms with Crippen molar-refractivity contribution < 1.29 is 14.4 Å². The molecule has 2 amide bonds. The Morgan fingerprint density at radius 3 is 2.56 bits per heavy atom. The van der Waals surface area contributed by atoms with E-state index >= 15 is 0 Å². The van der Waals surface area contributed by atoms with Crippen molar-refractivity contribution in [3.8, 4) is 0 Å². The third-order valence-corrected chi connectivity index (χ3v) is 5.76. The zero-order valence-corrected chi connectivity index (χ0v) is 15.6. The Kier molecular flexibility index (Phi) is 4.20. The lowest BCUT2D eigenvalue weighted by atomic mass is 9.87. The van der Waals surface area contributed by atoms with E-state index in [1.807, 2.05) is 13.8 Å². The molecule has 0 bridgehead atoms. The summed E-state index contributed by atoms with van der Waals surface area (Å²) in [6.45, 7) is 5.70. The van der Waals surface area contributed by atoms with Crippen molar-refractivity contribution in [1.29, 1.82) is 0 Å². The second-order valence-electron chi connectivity index (χ2n) is 7.80. The minimum Gasteiger partial charge on any atom is -0.339 e. The first-order valence-electron chi connectivity index (χ1n) is 9.28. The van der Waals surface area contributed by atoms with Gasteiger partial charge in [-0.25, -0.2) is 4.98 Å². The van der Waals surface area contributed by atoms with Gasteiger partial charge in [0.25, 0.3) is 5.91 Å². The summed E-state index contributed by atoms with van der Waals surface area (Å²) in [6.07, 6.45) is 3.04. The molecule has 8 heteroatoms. The van der Waals surface area contributed by atoms with Crippen LogP contribution in [0.5, 0.6) is 0 Å². The van der Waals surface area contributed by atoms with E-state index < -0.39 is 5.41 Å². The summed E-state index contributed by atoms with van der Waals surface area (Å²) in [5.41, 5.74) is 1.45. The number of rotatable bonds is 2. The normalized spacial score (nSPS) is 23.3. The second kappa shape index (κ2) is 6.44. The number of Topliss-reactive ketones (excluding diaryl/α,β-unsaturated/α-hetero) is 1. The number of fused-ring (bicyclic) bond motifs is 1. The van der Waals surface area contributed by atoms with E-state index in [1.165, 1.54) is 0 Å². The fourth-order valence-corrected chi connectivity index (χ4v) is 4.03. The van der Waals surface area contributed by atoms with Crippen LogP contribution in [0, 0.1) is 12.3 Å². The summed E-state index contributed by atoms with van der Waals surface area (Å²) in [5.74, 6) is 0.0662. The number of ketones is 1. The molecule has 2 aliphatic rings. The number of nitrogens with zero attached hydrogens (tertiary/aromatic N) is 4. The number of H-pyrrole nitrogens is 1. The molecule has 1 aliphatic carbocycles. The summed E-state index contributed by atoms with van der Waals surface area (Å²) in [4.78, 5) is 45.0. The van der Waals surface area contributed by atoms with Crippen LogP contribution in [0.2, 0.25) is 0 Å². The number of pyridine rings is 1. The lowest BCUT2D eigenvalue weighted by Gasteiger charge is -2.38. The average Bonchev–Trinajstić information content (AvgIpc) is 3.23. The average molecular weight is 369 g/mol. The number of carbonyl (C=O) groups is 3. The van der Waals surface area contributed by atoms with Crippen molar-refractivity contribution in [2.24, 2.45) is 5.41 Å². The molecular formula is C19H23N5O3. The molecule has 1 saturated heterocycles. The standard InChI is InChI=1S/C19H23N5O3/c1-12-14-9-15(20-11-16(14)22-21-12)17(26)23-5-7-24(8-6-23)18(27)19(2)4-3-13(25)10-19/h9,11H,3-8,10H2,1-2H3,(H,21,22). The molecule has 142 valence electrons. The van der Waals surface area contributed by atoms with Gasteiger partial charge in [-0.1, -0.05) is 6.92 Å². The summed E-state index contributed by atoms with van der Waals surface area (Å²) >= 11 is 0. The van der Waals surface area contributed by atoms with Crippen LogP contribution in [0.25, 0.3) is 10.9 Å². The monoisotopic (exact) mass is 369 g/mol. The Bertz CT molecular complexity index is 929. The zero-order valence-electron chi connectivity index (χ0n) is 15.6. The van der Waals surface area contributed by atoms with Crippen LogP contribution in [0.1, 0.15) is 42.4 Å². The third kappa shape index (κ3) is 3.09. The first-order valence-corrected chi connectivity index (χ1v) is 9.28. The minimum absolute atomic E-state index is 0.0361. The Labute approximate surface area is 156 Å². The molecule has 27 heavy (non-hydrogen) atoms. The Morgan fingerprint density at radius 1 is 1.19 bits per heavy atom. The summed E-state index contributed by atoms with van der Waals surface area (Å²) in [5, 5.41) is 7.91. The molecule has 4 rings (SSSR count). The van der Waals surface area contributed by atoms with Crippen molar-refractivity contribution in [3.05, 3.63) is 23.7 Å². The SMILES string of the molecule is Cc1[nH]nc2cnc(C(=O)N3CCN(C(=O)C4(C)CCC(=O)C4)CC3)cc12. The van der Waals surface area contributed by atoms with Crippen LogP contribution in [-0.2, 0) is 9.59 Å². The number of aromatic nitrogens is 3. The lowest BCUT2D eigenvalue weighted by Crippen LogP contribution is -2.53. The quantitative estimate of drug-likeness (QED) is 0.860. The lowest BCUT2D eigenvalue weighted by molar-refractivity contribution is -0.143. The van der Waals surface area contributed by atoms with Crippen molar-refractivity contribution in [3.63, 3.8) is 0 Å². The molecule has 0 radical (unpaired) electrons. The number of aryl methyl sites for hydroxylation is 1. The number of piperazine rings is 1. The molecule has 1 saturated carbocycles. The van der Waals surface area contributed by atoms with Crippen LogP contribution in [-0.4, -0.2) is 68.8 Å². The van der Waals surface area contributed by atoms with E-state index in [4.69, 9.17) is 0 Å². The number of nitrogens with one attached hydrogen (secondary N) is 1. The van der Waals surface area contributed by atoms with Crippen molar-refractivity contribution in [2.45, 2.75) is 33.1 Å². The van der Waals surface area contributed by atoms with Gasteiger partial charge in [-0.3, -0.25) is 19.5 Å². The van der Waals surface area contributed by atoms with Crippen molar-refractivity contribution >= 4 is 28.5 Å². The molecule has 2 aromatic heterocycles. The van der Waals surface area contributed by atoms with Gasteiger partial charge in [-0.15, -0.1) is 0 Å². The maximum atomic E-state index is 12.8. The fourth-order valence-electron chi connectivity index (χ4n) is 4.03. The highest BCUT2D eigenvalue weighted by molar-refractivity contribution is 5.96. The predicted octanol–water partition coefficient (Wildman–Crippen LogP) is 1.31. The van der Waals surface area contributed by atoms with Crippen molar-refractivity contribution in [2.75, 3.05) is 26.2 Å². The number of aromatic amines is 1. The molecule has 8 nitrogen and oxygen atoms in total. The van der Waals surface area contributed by atoms with E-state index in [0.717, 1.165) is 16.6 Å². The molecule has 1 unspecified atom stereocenters. The van der Waals surface area contributed by atoms with Gasteiger partial charge in [0.2, 0.25) is 5.91 Å². The third-order valence-electron chi connectivity index (χ3n) is 5.76. The summed E-state index contributed by atoms with van der Waals surface area (Å²) in [7, 11) is 0. The molecule has 1 aliphatic heterocycles. The minimum atomic E-state index is -0.575. The highest BCUT2D eigenvalue weighted by atomic mass is 16.2. The molecule has 2 aromatic rings. The van der Waals surface area contributed by atoms with Gasteiger partial charge < -0.3 is 9.80 Å². The molecular weight excluding hydrogens is 346 g/mol. The molecule has 0 spiro atoms. The van der Waals surface area contributed by atoms with Gasteiger partial charge in [0.15, 0.2) is 0 Å². The summed E-state index contributed by atoms with van der Waals surface area (Å²) in [6, 6.07) is 1.76. The van der Waals surface area contributed by atoms with Gasteiger partial charge >= 0.3 is 0 Å². The highest BCUT2D eigenvalue weighted by Crippen LogP contribution is 2.37. The largest absolute Gasteiger partial charge is 0.339 e. The van der Waals surface area contributed by atoms with Gasteiger partial charge in [-0.05, 0) is 19.4 Å². The molecule has 1 N–H and O–H groups in total. The van der Waals surface area contributed by atoms with Gasteiger partial charge in [0, 0.05) is 50.1 Å². The fraction of sp³-hybridized carbons (Fsp3) is 0.526. The van der Waals surface area contributed by atoms with Gasteiger partial charge in [0.05, 0.1) is 11.6 Å². The van der Waals surface area contributed by atoms with E-state index in [2.05, 4.69) is 15.2 Å². The van der Waals surface area contributed by atoms with Crippen molar-refractivity contribution in [1.82, 2.24) is 25.0 Å². The van der Waals surface area contributed by atoms with E-state index in [1.54, 1.807) is 22.1 Å². The topological polar surface area (TPSA) is 99.3 Å². The number of amides is 2. The van der Waals surface area contributed by atoms with Crippen LogP contribution in [0.4, 0.5) is 0 Å². The molecule has 2 fully saturated rings. The van der Waals surface area contributed by atoms with Gasteiger partial charge in [-0.2, -0.15) is 5.10 Å². The first kappa shape index (κ1) is 17.6. The second-order valence-corrected chi connectivity index (χ2v) is 7.80. The summed E-state index contributed by atoms with van der Waals surface area (Å²) < 4.78 is 0. The maximum Gasteiger partial charge on any atom is 0.272 e. The zero-order chi connectivity index (χ0) is 19.2. The number of carbonyl (C=O) groups excluding carboxylic acids is 3. The van der Waals surface area contributed by atoms with Crippen LogP contribution >= 0.6 is 0 Å². The maximum absolute atomic E-state index is 12.8. The molecule has 3 heterocycles. The Balaban J connectivity index is 1.42.